The largest absolute Gasteiger partial charge is 0.489 e. The van der Waals surface area contributed by atoms with E-state index in [1.807, 2.05) is 50.3 Å². The van der Waals surface area contributed by atoms with Gasteiger partial charge in [0.2, 0.25) is 5.91 Å². The van der Waals surface area contributed by atoms with Gasteiger partial charge in [0.05, 0.1) is 17.2 Å². The number of allylic oxidation sites excluding steroid dienone is 1. The fourth-order valence-electron chi connectivity index (χ4n) is 7.72. The summed E-state index contributed by atoms with van der Waals surface area (Å²) in [6.07, 6.45) is 7.79. The van der Waals surface area contributed by atoms with Crippen LogP contribution in [-0.2, 0) is 4.79 Å². The number of fused-ring (bicyclic) bond motifs is 1. The number of rotatable bonds is 5. The molecular weight excluding hydrogens is 566 g/mol. The Morgan fingerprint density at radius 1 is 1.11 bits per heavy atom. The third-order valence-corrected chi connectivity index (χ3v) is 9.86. The lowest BCUT2D eigenvalue weighted by Crippen LogP contribution is -2.54. The smallest absolute Gasteiger partial charge is 0.271 e. The molecule has 1 aromatic heterocycles. The van der Waals surface area contributed by atoms with Crippen LogP contribution in [0, 0.1) is 18.3 Å². The van der Waals surface area contributed by atoms with Crippen molar-refractivity contribution in [3.63, 3.8) is 0 Å². The molecule has 2 fully saturated rings. The summed E-state index contributed by atoms with van der Waals surface area (Å²) in [5, 5.41) is 11.3. The second-order valence-electron chi connectivity index (χ2n) is 12.6. The van der Waals surface area contributed by atoms with Gasteiger partial charge in [-0.2, -0.15) is 5.26 Å². The number of nitrogens with zero attached hydrogens (tertiary/aromatic N) is 5. The van der Waals surface area contributed by atoms with Gasteiger partial charge in [0, 0.05) is 55.2 Å². The van der Waals surface area contributed by atoms with Crippen LogP contribution in [0.25, 0.3) is 28.1 Å². The van der Waals surface area contributed by atoms with Crippen molar-refractivity contribution < 1.29 is 14.3 Å². The SMILES string of the molecule is C=CC(=O)N1CCN(c2c(C#N)c(=O)n3c4c(c(-c5c(C)ccc6c5C(=O)CC=C6)ccc24)OCC3CN2CCCC2)[C@@H](C)C1. The number of benzene rings is 2. The van der Waals surface area contributed by atoms with Gasteiger partial charge in [-0.1, -0.05) is 30.9 Å². The van der Waals surface area contributed by atoms with E-state index in [9.17, 15) is 19.6 Å². The zero-order chi connectivity index (χ0) is 31.4. The van der Waals surface area contributed by atoms with Crippen LogP contribution in [0.15, 0.2) is 47.8 Å². The van der Waals surface area contributed by atoms with Crippen molar-refractivity contribution in [3.8, 4) is 22.9 Å². The van der Waals surface area contributed by atoms with Gasteiger partial charge in [-0.15, -0.1) is 0 Å². The Hall–Kier alpha value is -4.68. The molecule has 1 aliphatic carbocycles. The Morgan fingerprint density at radius 2 is 1.91 bits per heavy atom. The molecule has 0 N–H and O–H groups in total. The predicted octanol–water partition coefficient (Wildman–Crippen LogP) is 4.70. The first kappa shape index (κ1) is 29.1. The fourth-order valence-corrected chi connectivity index (χ4v) is 7.72. The van der Waals surface area contributed by atoms with Crippen LogP contribution in [-0.4, -0.2) is 78.0 Å². The summed E-state index contributed by atoms with van der Waals surface area (Å²) in [6, 6.07) is 9.83. The van der Waals surface area contributed by atoms with Crippen molar-refractivity contribution in [2.45, 2.75) is 45.2 Å². The molecule has 4 heterocycles. The third kappa shape index (κ3) is 4.67. The van der Waals surface area contributed by atoms with Crippen LogP contribution < -0.4 is 15.2 Å². The van der Waals surface area contributed by atoms with E-state index in [0.717, 1.165) is 53.6 Å². The lowest BCUT2D eigenvalue weighted by Gasteiger charge is -2.42. The molecule has 2 aromatic carbocycles. The monoisotopic (exact) mass is 603 g/mol. The molecule has 3 aliphatic heterocycles. The number of aromatic nitrogens is 1. The number of pyridine rings is 1. The van der Waals surface area contributed by atoms with Gasteiger partial charge >= 0.3 is 0 Å². The summed E-state index contributed by atoms with van der Waals surface area (Å²) in [5.41, 5.74) is 5.13. The molecular formula is C36H37N5O4. The van der Waals surface area contributed by atoms with Crippen molar-refractivity contribution in [2.75, 3.05) is 50.8 Å². The molecule has 1 amide bonds. The Labute approximate surface area is 262 Å². The van der Waals surface area contributed by atoms with Gasteiger partial charge < -0.3 is 19.4 Å². The first-order chi connectivity index (χ1) is 21.8. The van der Waals surface area contributed by atoms with E-state index in [2.05, 4.69) is 22.4 Å². The number of carbonyl (C=O) groups is 2. The molecule has 0 bridgehead atoms. The molecule has 1 unspecified atom stereocenters. The molecule has 4 aliphatic rings. The number of hydrogen-bond donors (Lipinski definition) is 0. The number of carbonyl (C=O) groups excluding carboxylic acids is 2. The number of nitriles is 1. The second-order valence-corrected chi connectivity index (χ2v) is 12.6. The Bertz CT molecular complexity index is 1890. The Kier molecular flexibility index (Phi) is 7.33. The van der Waals surface area contributed by atoms with Crippen LogP contribution in [0.4, 0.5) is 5.69 Å². The summed E-state index contributed by atoms with van der Waals surface area (Å²) in [5.74, 6) is 0.493. The molecule has 2 atom stereocenters. The summed E-state index contributed by atoms with van der Waals surface area (Å²) in [7, 11) is 0. The highest BCUT2D eigenvalue weighted by Gasteiger charge is 2.36. The maximum Gasteiger partial charge on any atom is 0.271 e. The molecule has 3 aromatic rings. The fraction of sp³-hybridized carbons (Fsp3) is 0.389. The van der Waals surface area contributed by atoms with Crippen LogP contribution in [0.2, 0.25) is 0 Å². The number of amides is 1. The topological polar surface area (TPSA) is 98.9 Å². The summed E-state index contributed by atoms with van der Waals surface area (Å²) in [4.78, 5) is 46.4. The predicted molar refractivity (Wildman–Crippen MR) is 175 cm³/mol. The van der Waals surface area contributed by atoms with Gasteiger partial charge in [-0.3, -0.25) is 19.0 Å². The minimum absolute atomic E-state index is 0.0555. The summed E-state index contributed by atoms with van der Waals surface area (Å²) < 4.78 is 8.46. The minimum atomic E-state index is -0.325. The maximum atomic E-state index is 14.5. The lowest BCUT2D eigenvalue weighted by atomic mass is 9.85. The molecule has 0 radical (unpaired) electrons. The average molecular weight is 604 g/mol. The zero-order valence-electron chi connectivity index (χ0n) is 25.8. The standard InChI is InChI=1S/C36H37N5O4/c1-4-30(43)39-16-17-40(23(3)19-39)33-27-13-12-26(31-22(2)10-11-24-8-7-9-29(42)32(24)31)35-34(27)41(36(44)28(33)18-37)25(21-45-35)20-38-14-5-6-15-38/h4,7-8,10-13,23,25H,1,5-6,9,14-17,19-21H2,2-3H3/t23-,25?/m0/s1. The van der Waals surface area contributed by atoms with Crippen molar-refractivity contribution >= 4 is 34.4 Å². The number of likely N-dealkylation sites (tertiary alicyclic amines) is 1. The summed E-state index contributed by atoms with van der Waals surface area (Å²) >= 11 is 0. The number of aryl methyl sites for hydroxylation is 1. The van der Waals surface area contributed by atoms with Crippen LogP contribution >= 0.6 is 0 Å². The lowest BCUT2D eigenvalue weighted by molar-refractivity contribution is -0.126. The summed E-state index contributed by atoms with van der Waals surface area (Å²) in [6.45, 7) is 11.9. The quantitative estimate of drug-likeness (QED) is 0.390. The van der Waals surface area contributed by atoms with Crippen molar-refractivity contribution in [1.29, 1.82) is 5.26 Å². The first-order valence-electron chi connectivity index (χ1n) is 15.8. The highest BCUT2D eigenvalue weighted by atomic mass is 16.5. The highest BCUT2D eigenvalue weighted by molar-refractivity contribution is 6.11. The van der Waals surface area contributed by atoms with Crippen LogP contribution in [0.3, 0.4) is 0 Å². The molecule has 230 valence electrons. The number of ether oxygens (including phenoxy) is 1. The first-order valence-corrected chi connectivity index (χ1v) is 15.8. The van der Waals surface area contributed by atoms with Gasteiger partial charge in [0.1, 0.15) is 18.2 Å². The van der Waals surface area contributed by atoms with E-state index in [0.29, 0.717) is 61.7 Å². The third-order valence-electron chi connectivity index (χ3n) is 9.86. The molecule has 9 nitrogen and oxygen atoms in total. The molecule has 7 rings (SSSR count). The van der Waals surface area contributed by atoms with E-state index >= 15 is 0 Å². The van der Waals surface area contributed by atoms with E-state index in [-0.39, 0.29) is 34.9 Å². The van der Waals surface area contributed by atoms with E-state index < -0.39 is 0 Å². The van der Waals surface area contributed by atoms with E-state index in [1.165, 1.54) is 6.08 Å². The normalized spacial score (nSPS) is 21.0. The molecule has 0 spiro atoms. The van der Waals surface area contributed by atoms with Gasteiger partial charge in [-0.25, -0.2) is 0 Å². The molecule has 45 heavy (non-hydrogen) atoms. The van der Waals surface area contributed by atoms with E-state index in [4.69, 9.17) is 4.74 Å². The van der Waals surface area contributed by atoms with Gasteiger partial charge in [-0.05, 0) is 74.7 Å². The second kappa shape index (κ2) is 11.4. The van der Waals surface area contributed by atoms with E-state index in [1.54, 1.807) is 9.47 Å². The van der Waals surface area contributed by atoms with Crippen molar-refractivity contribution in [2.24, 2.45) is 0 Å². The zero-order valence-corrected chi connectivity index (χ0v) is 25.8. The van der Waals surface area contributed by atoms with Crippen molar-refractivity contribution in [3.05, 3.63) is 75.6 Å². The molecule has 0 saturated carbocycles. The van der Waals surface area contributed by atoms with Crippen LogP contribution in [0.1, 0.15) is 59.3 Å². The average Bonchev–Trinajstić information content (AvgIpc) is 3.56. The Morgan fingerprint density at radius 3 is 2.64 bits per heavy atom. The maximum absolute atomic E-state index is 14.5. The van der Waals surface area contributed by atoms with Crippen LogP contribution in [0.5, 0.6) is 5.75 Å². The number of ketones is 1. The molecule has 2 saturated heterocycles. The number of anilines is 1. The highest BCUT2D eigenvalue weighted by Crippen LogP contribution is 2.47. The number of Topliss-reactive ketones (excluding diaryl/α,β-unsaturated/α-hetero) is 1. The number of piperazine rings is 1. The molecule has 9 heteroatoms. The number of hydrogen-bond acceptors (Lipinski definition) is 7. The van der Waals surface area contributed by atoms with Gasteiger partial charge in [0.15, 0.2) is 11.5 Å². The van der Waals surface area contributed by atoms with Crippen molar-refractivity contribution in [1.82, 2.24) is 14.4 Å². The van der Waals surface area contributed by atoms with Gasteiger partial charge in [0.25, 0.3) is 5.56 Å². The minimum Gasteiger partial charge on any atom is -0.489 e. The Balaban J connectivity index is 1.48.